The zero-order chi connectivity index (χ0) is 20.0. The molecule has 0 fully saturated rings. The minimum absolute atomic E-state index is 0.00243. The van der Waals surface area contributed by atoms with E-state index in [4.69, 9.17) is 16.3 Å². The Morgan fingerprint density at radius 3 is 2.33 bits per heavy atom. The maximum atomic E-state index is 12.5. The third kappa shape index (κ3) is 5.97. The second-order valence-corrected chi connectivity index (χ2v) is 7.95. The van der Waals surface area contributed by atoms with Gasteiger partial charge in [0.05, 0.1) is 22.3 Å². The molecule has 0 aromatic heterocycles. The van der Waals surface area contributed by atoms with Gasteiger partial charge in [-0.3, -0.25) is 14.3 Å². The molecule has 0 bridgehead atoms. The molecule has 0 aliphatic heterocycles. The van der Waals surface area contributed by atoms with E-state index in [1.54, 1.807) is 26.0 Å². The summed E-state index contributed by atoms with van der Waals surface area (Å²) < 4.78 is 32.3. The molecule has 2 aromatic rings. The summed E-state index contributed by atoms with van der Waals surface area (Å²) in [5, 5.41) is 2.82. The number of para-hydroxylation sites is 1. The van der Waals surface area contributed by atoms with Crippen LogP contribution in [0.2, 0.25) is 5.02 Å². The molecule has 144 valence electrons. The van der Waals surface area contributed by atoms with E-state index < -0.39 is 21.9 Å². The Morgan fingerprint density at radius 1 is 1.07 bits per heavy atom. The molecule has 1 amide bonds. The van der Waals surface area contributed by atoms with E-state index in [0.717, 1.165) is 0 Å². The van der Waals surface area contributed by atoms with Crippen LogP contribution >= 0.6 is 11.6 Å². The Morgan fingerprint density at radius 2 is 1.70 bits per heavy atom. The van der Waals surface area contributed by atoms with Crippen LogP contribution in [0.3, 0.4) is 0 Å². The highest BCUT2D eigenvalue weighted by Gasteiger charge is 2.19. The molecule has 0 aliphatic carbocycles. The minimum Gasteiger partial charge on any atom is -0.462 e. The van der Waals surface area contributed by atoms with Crippen molar-refractivity contribution in [1.29, 1.82) is 0 Å². The van der Waals surface area contributed by atoms with Crippen LogP contribution in [0.15, 0.2) is 53.4 Å². The van der Waals surface area contributed by atoms with Gasteiger partial charge < -0.3 is 10.1 Å². The first-order chi connectivity index (χ1) is 12.7. The van der Waals surface area contributed by atoms with Crippen molar-refractivity contribution in [1.82, 2.24) is 5.32 Å². The molecular formula is C18H19ClN2O5S. The van der Waals surface area contributed by atoms with Gasteiger partial charge in [0.2, 0.25) is 0 Å². The molecule has 0 heterocycles. The average molecular weight is 411 g/mol. The number of hydrogen-bond donors (Lipinski definition) is 2. The molecule has 0 unspecified atom stereocenters. The molecule has 2 aromatic carbocycles. The number of benzene rings is 2. The summed E-state index contributed by atoms with van der Waals surface area (Å²) in [7, 11) is -3.91. The fraction of sp³-hybridized carbons (Fsp3) is 0.222. The number of amides is 1. The van der Waals surface area contributed by atoms with E-state index in [1.807, 2.05) is 0 Å². The molecule has 9 heteroatoms. The lowest BCUT2D eigenvalue weighted by Crippen LogP contribution is -2.32. The third-order valence-electron chi connectivity index (χ3n) is 3.30. The van der Waals surface area contributed by atoms with Crippen LogP contribution in [-0.4, -0.2) is 32.9 Å². The number of nitrogens with one attached hydrogen (secondary N) is 2. The largest absolute Gasteiger partial charge is 0.462 e. The van der Waals surface area contributed by atoms with Gasteiger partial charge in [0.15, 0.2) is 0 Å². The smallest absolute Gasteiger partial charge is 0.325 e. The molecule has 27 heavy (non-hydrogen) atoms. The van der Waals surface area contributed by atoms with Crippen molar-refractivity contribution in [2.75, 3.05) is 11.3 Å². The van der Waals surface area contributed by atoms with Crippen LogP contribution in [0.5, 0.6) is 0 Å². The van der Waals surface area contributed by atoms with Gasteiger partial charge in [-0.15, -0.1) is 0 Å². The Hall–Kier alpha value is -2.58. The van der Waals surface area contributed by atoms with E-state index in [0.29, 0.717) is 5.02 Å². The van der Waals surface area contributed by atoms with Gasteiger partial charge in [0, 0.05) is 5.02 Å². The van der Waals surface area contributed by atoms with Crippen molar-refractivity contribution in [3.05, 3.63) is 59.1 Å². The van der Waals surface area contributed by atoms with Crippen LogP contribution in [0, 0.1) is 0 Å². The summed E-state index contributed by atoms with van der Waals surface area (Å²) >= 11 is 5.77. The number of rotatable bonds is 7. The number of hydrogen-bond acceptors (Lipinski definition) is 5. The number of sulfonamides is 1. The van der Waals surface area contributed by atoms with Crippen molar-refractivity contribution >= 4 is 39.2 Å². The molecular weight excluding hydrogens is 392 g/mol. The molecule has 0 radical (unpaired) electrons. The molecule has 0 atom stereocenters. The van der Waals surface area contributed by atoms with Crippen molar-refractivity contribution in [2.24, 2.45) is 0 Å². The lowest BCUT2D eigenvalue weighted by Gasteiger charge is -2.13. The van der Waals surface area contributed by atoms with Crippen LogP contribution in [0.1, 0.15) is 24.2 Å². The van der Waals surface area contributed by atoms with Gasteiger partial charge in [0.25, 0.3) is 15.9 Å². The van der Waals surface area contributed by atoms with E-state index in [1.165, 1.54) is 36.4 Å². The maximum Gasteiger partial charge on any atom is 0.325 e. The zero-order valence-corrected chi connectivity index (χ0v) is 16.3. The molecule has 2 N–H and O–H groups in total. The highest BCUT2D eigenvalue weighted by Crippen LogP contribution is 2.21. The summed E-state index contributed by atoms with van der Waals surface area (Å²) in [6, 6.07) is 11.7. The Kier molecular flexibility index (Phi) is 6.81. The normalized spacial score (nSPS) is 11.1. The number of ether oxygens (including phenoxy) is 1. The predicted octanol–water partition coefficient (Wildman–Crippen LogP) is 2.82. The number of halogens is 1. The van der Waals surface area contributed by atoms with Crippen molar-refractivity contribution < 1.29 is 22.7 Å². The number of anilines is 1. The summed E-state index contributed by atoms with van der Waals surface area (Å²) in [4.78, 5) is 23.9. The molecule has 7 nitrogen and oxygen atoms in total. The van der Waals surface area contributed by atoms with Gasteiger partial charge in [0.1, 0.15) is 6.54 Å². The summed E-state index contributed by atoms with van der Waals surface area (Å²) in [5.74, 6) is -1.19. The highest BCUT2D eigenvalue weighted by molar-refractivity contribution is 7.92. The number of esters is 1. The monoisotopic (exact) mass is 410 g/mol. The lowest BCUT2D eigenvalue weighted by atomic mass is 10.1. The zero-order valence-electron chi connectivity index (χ0n) is 14.7. The Labute approximate surface area is 162 Å². The summed E-state index contributed by atoms with van der Waals surface area (Å²) in [6.45, 7) is 3.07. The van der Waals surface area contributed by atoms with Crippen LogP contribution < -0.4 is 10.0 Å². The predicted molar refractivity (Wildman–Crippen MR) is 102 cm³/mol. The van der Waals surface area contributed by atoms with Gasteiger partial charge in [-0.05, 0) is 50.2 Å². The SMILES string of the molecule is CC(C)OC(=O)CNC(=O)c1ccccc1NS(=O)(=O)c1ccc(Cl)cc1. The first-order valence-electron chi connectivity index (χ1n) is 8.04. The number of carbonyl (C=O) groups excluding carboxylic acids is 2. The van der Waals surface area contributed by atoms with E-state index in [-0.39, 0.29) is 28.8 Å². The van der Waals surface area contributed by atoms with Crippen molar-refractivity contribution in [3.63, 3.8) is 0 Å². The molecule has 0 saturated heterocycles. The highest BCUT2D eigenvalue weighted by atomic mass is 35.5. The molecule has 0 spiro atoms. The summed E-state index contributed by atoms with van der Waals surface area (Å²) in [5.41, 5.74) is 0.162. The van der Waals surface area contributed by atoms with Gasteiger partial charge in [-0.2, -0.15) is 0 Å². The van der Waals surface area contributed by atoms with Crippen molar-refractivity contribution in [2.45, 2.75) is 24.8 Å². The number of carbonyl (C=O) groups is 2. The fourth-order valence-electron chi connectivity index (χ4n) is 2.14. The Bertz CT molecular complexity index is 927. The fourth-order valence-corrected chi connectivity index (χ4v) is 3.35. The minimum atomic E-state index is -3.91. The lowest BCUT2D eigenvalue weighted by molar-refractivity contribution is -0.146. The first kappa shape index (κ1) is 20.7. The Balaban J connectivity index is 2.16. The molecule has 2 rings (SSSR count). The standard InChI is InChI=1S/C18H19ClN2O5S/c1-12(2)26-17(22)11-20-18(23)15-5-3-4-6-16(15)21-27(24,25)14-9-7-13(19)8-10-14/h3-10,12,21H,11H2,1-2H3,(H,20,23). The van der Waals surface area contributed by atoms with Gasteiger partial charge in [-0.1, -0.05) is 23.7 Å². The van der Waals surface area contributed by atoms with E-state index in [9.17, 15) is 18.0 Å². The van der Waals surface area contributed by atoms with Gasteiger partial charge in [-0.25, -0.2) is 8.42 Å². The van der Waals surface area contributed by atoms with Crippen molar-refractivity contribution in [3.8, 4) is 0 Å². The van der Waals surface area contributed by atoms with Crippen LogP contribution in [0.4, 0.5) is 5.69 Å². The summed E-state index contributed by atoms with van der Waals surface area (Å²) in [6.07, 6.45) is -0.298. The van der Waals surface area contributed by atoms with Gasteiger partial charge >= 0.3 is 5.97 Å². The van der Waals surface area contributed by atoms with Crippen LogP contribution in [0.25, 0.3) is 0 Å². The van der Waals surface area contributed by atoms with Crippen LogP contribution in [-0.2, 0) is 19.6 Å². The first-order valence-corrected chi connectivity index (χ1v) is 9.90. The second kappa shape index (κ2) is 8.88. The maximum absolute atomic E-state index is 12.5. The second-order valence-electron chi connectivity index (χ2n) is 5.83. The average Bonchev–Trinajstić information content (AvgIpc) is 2.59. The molecule has 0 aliphatic rings. The third-order valence-corrected chi connectivity index (χ3v) is 4.93. The van der Waals surface area contributed by atoms with E-state index >= 15 is 0 Å². The quantitative estimate of drug-likeness (QED) is 0.683. The topological polar surface area (TPSA) is 102 Å². The van der Waals surface area contributed by atoms with E-state index in [2.05, 4.69) is 10.0 Å². The molecule has 0 saturated carbocycles.